The topological polar surface area (TPSA) is 100 Å². The maximum absolute atomic E-state index is 12.5. The zero-order valence-electron chi connectivity index (χ0n) is 15.7. The van der Waals surface area contributed by atoms with Gasteiger partial charge in [-0.3, -0.25) is 14.9 Å². The molecular weight excluding hydrogens is 392 g/mol. The minimum atomic E-state index is -0.564. The van der Waals surface area contributed by atoms with Gasteiger partial charge >= 0.3 is 0 Å². The molecule has 29 heavy (non-hydrogen) atoms. The summed E-state index contributed by atoms with van der Waals surface area (Å²) in [7, 11) is 0. The number of fused-ring (bicyclic) bond motifs is 3. The molecule has 2 aromatic carbocycles. The molecule has 0 bridgehead atoms. The van der Waals surface area contributed by atoms with Crippen LogP contribution in [0.15, 0.2) is 41.5 Å². The number of nitrogens with one attached hydrogen (secondary N) is 2. The molecule has 0 radical (unpaired) electrons. The first kappa shape index (κ1) is 19.1. The average Bonchev–Trinajstić information content (AvgIpc) is 3.06. The maximum Gasteiger partial charge on any atom is 0.288 e. The Balaban J connectivity index is 1.52. The number of aromatic nitrogens is 1. The molecule has 0 aliphatic heterocycles. The number of hydrazone groups is 1. The van der Waals surface area contributed by atoms with E-state index in [4.69, 9.17) is 11.6 Å². The molecule has 0 fully saturated rings. The zero-order chi connectivity index (χ0) is 20.5. The van der Waals surface area contributed by atoms with Crippen LogP contribution in [-0.4, -0.2) is 22.0 Å². The van der Waals surface area contributed by atoms with E-state index in [1.54, 1.807) is 12.1 Å². The first-order chi connectivity index (χ1) is 13.9. The molecule has 7 nitrogen and oxygen atoms in total. The number of hydrogen-bond acceptors (Lipinski definition) is 4. The predicted molar refractivity (Wildman–Crippen MR) is 113 cm³/mol. The molecule has 1 atom stereocenters. The molecule has 1 heterocycles. The maximum atomic E-state index is 12.5. The van der Waals surface area contributed by atoms with Crippen LogP contribution in [0.4, 0.5) is 5.69 Å². The minimum absolute atomic E-state index is 0.0497. The number of carbonyl (C=O) groups is 1. The number of amides is 1. The van der Waals surface area contributed by atoms with E-state index in [1.807, 2.05) is 12.1 Å². The smallest absolute Gasteiger partial charge is 0.288 e. The van der Waals surface area contributed by atoms with E-state index in [1.165, 1.54) is 36.0 Å². The van der Waals surface area contributed by atoms with E-state index < -0.39 is 4.92 Å². The Morgan fingerprint density at radius 3 is 2.97 bits per heavy atom. The van der Waals surface area contributed by atoms with Crippen LogP contribution in [0.3, 0.4) is 0 Å². The fraction of sp³-hybridized carbons (Fsp3) is 0.238. The summed E-state index contributed by atoms with van der Waals surface area (Å²) in [5, 5.41) is 16.0. The number of carbonyl (C=O) groups excluding carboxylic acids is 1. The Morgan fingerprint density at radius 2 is 2.17 bits per heavy atom. The van der Waals surface area contributed by atoms with E-state index in [0.717, 1.165) is 23.7 Å². The van der Waals surface area contributed by atoms with Crippen molar-refractivity contribution in [2.45, 2.75) is 26.2 Å². The van der Waals surface area contributed by atoms with Gasteiger partial charge in [0.2, 0.25) is 0 Å². The molecule has 148 valence electrons. The van der Waals surface area contributed by atoms with Gasteiger partial charge in [-0.2, -0.15) is 5.10 Å². The van der Waals surface area contributed by atoms with Crippen molar-refractivity contribution in [3.63, 3.8) is 0 Å². The summed E-state index contributed by atoms with van der Waals surface area (Å²) < 4.78 is 0. The number of aromatic amines is 1. The van der Waals surface area contributed by atoms with Gasteiger partial charge in [-0.05, 0) is 55.0 Å². The van der Waals surface area contributed by atoms with Crippen molar-refractivity contribution in [3.05, 3.63) is 73.9 Å². The van der Waals surface area contributed by atoms with Crippen molar-refractivity contribution < 1.29 is 9.72 Å². The number of hydrogen-bond donors (Lipinski definition) is 2. The Morgan fingerprint density at radius 1 is 1.34 bits per heavy atom. The quantitative estimate of drug-likeness (QED) is 0.373. The molecule has 2 N–H and O–H groups in total. The number of aryl methyl sites for hydroxylation is 1. The fourth-order valence-electron chi connectivity index (χ4n) is 3.71. The van der Waals surface area contributed by atoms with Crippen molar-refractivity contribution in [2.75, 3.05) is 0 Å². The van der Waals surface area contributed by atoms with Crippen molar-refractivity contribution >= 4 is 40.3 Å². The normalized spacial score (nSPS) is 16.1. The summed E-state index contributed by atoms with van der Waals surface area (Å²) >= 11 is 5.79. The molecule has 0 spiro atoms. The van der Waals surface area contributed by atoms with E-state index in [9.17, 15) is 14.9 Å². The molecule has 0 saturated carbocycles. The van der Waals surface area contributed by atoms with E-state index in [0.29, 0.717) is 17.0 Å². The number of benzene rings is 2. The van der Waals surface area contributed by atoms with Crippen molar-refractivity contribution in [3.8, 4) is 0 Å². The van der Waals surface area contributed by atoms with Gasteiger partial charge in [-0.15, -0.1) is 0 Å². The first-order valence-electron chi connectivity index (χ1n) is 9.33. The highest BCUT2D eigenvalue weighted by molar-refractivity contribution is 6.32. The molecule has 0 saturated heterocycles. The van der Waals surface area contributed by atoms with Crippen LogP contribution in [0.5, 0.6) is 0 Å². The van der Waals surface area contributed by atoms with Crippen LogP contribution in [0, 0.1) is 16.0 Å². The van der Waals surface area contributed by atoms with Crippen LogP contribution in [-0.2, 0) is 12.8 Å². The number of rotatable bonds is 4. The molecule has 4 rings (SSSR count). The Bertz CT molecular complexity index is 1150. The fourth-order valence-corrected chi connectivity index (χ4v) is 3.90. The van der Waals surface area contributed by atoms with E-state index in [2.05, 4.69) is 22.4 Å². The molecule has 1 aliphatic carbocycles. The van der Waals surface area contributed by atoms with Gasteiger partial charge in [0.1, 0.15) is 5.02 Å². The Labute approximate surface area is 171 Å². The monoisotopic (exact) mass is 410 g/mol. The highest BCUT2D eigenvalue weighted by Gasteiger charge is 2.20. The lowest BCUT2D eigenvalue weighted by Crippen LogP contribution is -2.17. The van der Waals surface area contributed by atoms with Crippen molar-refractivity contribution in [2.24, 2.45) is 11.0 Å². The van der Waals surface area contributed by atoms with Gasteiger partial charge in [0.05, 0.1) is 11.1 Å². The number of nitro benzene ring substituents is 1. The third kappa shape index (κ3) is 3.86. The van der Waals surface area contributed by atoms with Crippen molar-refractivity contribution in [1.29, 1.82) is 0 Å². The molecule has 1 amide bonds. The van der Waals surface area contributed by atoms with Crippen LogP contribution in [0.2, 0.25) is 5.02 Å². The lowest BCUT2D eigenvalue weighted by Gasteiger charge is -2.18. The summed E-state index contributed by atoms with van der Waals surface area (Å²) in [6.07, 6.45) is 4.56. The molecule has 1 unspecified atom stereocenters. The second-order valence-electron chi connectivity index (χ2n) is 7.36. The van der Waals surface area contributed by atoms with Crippen LogP contribution >= 0.6 is 11.6 Å². The van der Waals surface area contributed by atoms with Crippen LogP contribution < -0.4 is 5.43 Å². The standard InChI is InChI=1S/C21H19ClN4O3/c1-12-2-6-18-15(8-12)16-10-14(4-7-19(16)24-18)21(27)25-23-11-13-3-5-17(22)20(9-13)26(28)29/h3-5,7,9-12,24H,2,6,8H2,1H3,(H,25,27)/b23-11-. The van der Waals surface area contributed by atoms with Gasteiger partial charge in [0, 0.05) is 33.8 Å². The van der Waals surface area contributed by atoms with Gasteiger partial charge in [-0.25, -0.2) is 5.43 Å². The first-order valence-corrected chi connectivity index (χ1v) is 9.71. The highest BCUT2D eigenvalue weighted by atomic mass is 35.5. The highest BCUT2D eigenvalue weighted by Crippen LogP contribution is 2.32. The van der Waals surface area contributed by atoms with Crippen LogP contribution in [0.25, 0.3) is 10.9 Å². The number of nitro groups is 1. The van der Waals surface area contributed by atoms with Gasteiger partial charge in [-0.1, -0.05) is 24.6 Å². The molecular formula is C21H19ClN4O3. The van der Waals surface area contributed by atoms with Gasteiger partial charge in [0.25, 0.3) is 11.6 Å². The van der Waals surface area contributed by atoms with E-state index >= 15 is 0 Å². The van der Waals surface area contributed by atoms with Gasteiger partial charge < -0.3 is 4.98 Å². The summed E-state index contributed by atoms with van der Waals surface area (Å²) in [6, 6.07) is 9.88. The minimum Gasteiger partial charge on any atom is -0.358 e. The third-order valence-electron chi connectivity index (χ3n) is 5.24. The Hall–Kier alpha value is -3.19. The van der Waals surface area contributed by atoms with E-state index in [-0.39, 0.29) is 16.6 Å². The second kappa shape index (κ2) is 7.67. The zero-order valence-corrected chi connectivity index (χ0v) is 16.5. The SMILES string of the molecule is CC1CCc2[nH]c3ccc(C(=O)N/N=C\c4ccc(Cl)c([N+](=O)[O-])c4)cc3c2C1. The number of H-pyrrole nitrogens is 1. The van der Waals surface area contributed by atoms with Crippen LogP contribution in [0.1, 0.15) is 40.5 Å². The summed E-state index contributed by atoms with van der Waals surface area (Å²) in [5.41, 5.74) is 6.84. The summed E-state index contributed by atoms with van der Waals surface area (Å²) in [4.78, 5) is 26.3. The van der Waals surface area contributed by atoms with Gasteiger partial charge in [0.15, 0.2) is 0 Å². The molecule has 1 aromatic heterocycles. The van der Waals surface area contributed by atoms with Crippen molar-refractivity contribution in [1.82, 2.24) is 10.4 Å². The molecule has 1 aliphatic rings. The predicted octanol–water partition coefficient (Wildman–Crippen LogP) is 4.62. The summed E-state index contributed by atoms with van der Waals surface area (Å²) in [5.74, 6) is 0.289. The second-order valence-corrected chi connectivity index (χ2v) is 7.76. The Kier molecular flexibility index (Phi) is 5.07. The molecule has 8 heteroatoms. The largest absolute Gasteiger partial charge is 0.358 e. The average molecular weight is 411 g/mol. The third-order valence-corrected chi connectivity index (χ3v) is 5.56. The lowest BCUT2D eigenvalue weighted by molar-refractivity contribution is -0.384. The number of nitrogens with zero attached hydrogens (tertiary/aromatic N) is 2. The summed E-state index contributed by atoms with van der Waals surface area (Å²) in [6.45, 7) is 2.24. The lowest BCUT2D eigenvalue weighted by atomic mass is 9.87. The molecule has 3 aromatic rings. The number of halogens is 1.